The standard InChI is InChI=1S/C14H21N3O/c1-3-15-4-2-11(1)14-7-13(18-16-14)9-17-8-10-5-12(17)6-10/h7,10-12,15H,1-6,8-9H2. The van der Waals surface area contributed by atoms with E-state index in [0.29, 0.717) is 5.92 Å². The highest BCUT2D eigenvalue weighted by atomic mass is 16.5. The van der Waals surface area contributed by atoms with Crippen molar-refractivity contribution in [3.8, 4) is 0 Å². The summed E-state index contributed by atoms with van der Waals surface area (Å²) in [5.74, 6) is 2.65. The Balaban J connectivity index is 1.41. The van der Waals surface area contributed by atoms with E-state index in [-0.39, 0.29) is 0 Å². The van der Waals surface area contributed by atoms with Crippen LogP contribution >= 0.6 is 0 Å². The lowest BCUT2D eigenvalue weighted by Gasteiger charge is -2.25. The molecule has 2 bridgehead atoms. The van der Waals surface area contributed by atoms with Crippen molar-refractivity contribution >= 4 is 0 Å². The van der Waals surface area contributed by atoms with Gasteiger partial charge in [0.25, 0.3) is 0 Å². The quantitative estimate of drug-likeness (QED) is 0.883. The number of rotatable bonds is 3. The van der Waals surface area contributed by atoms with Crippen LogP contribution in [-0.2, 0) is 6.54 Å². The Bertz CT molecular complexity index is 418. The number of piperidine rings is 1. The second-order valence-electron chi connectivity index (χ2n) is 6.16. The molecule has 1 saturated carbocycles. The van der Waals surface area contributed by atoms with Crippen molar-refractivity contribution in [2.75, 3.05) is 19.6 Å². The van der Waals surface area contributed by atoms with E-state index >= 15 is 0 Å². The van der Waals surface area contributed by atoms with Crippen molar-refractivity contribution in [1.82, 2.24) is 15.4 Å². The number of aromatic nitrogens is 1. The predicted octanol–water partition coefficient (Wildman–Crippen LogP) is 1.74. The van der Waals surface area contributed by atoms with Gasteiger partial charge in [-0.2, -0.15) is 0 Å². The lowest BCUT2D eigenvalue weighted by Crippen LogP contribution is -2.28. The Morgan fingerprint density at radius 2 is 2.17 bits per heavy atom. The minimum absolute atomic E-state index is 0.607. The normalized spacial score (nSPS) is 32.7. The van der Waals surface area contributed by atoms with E-state index in [2.05, 4.69) is 21.4 Å². The fraction of sp³-hybridized carbons (Fsp3) is 0.786. The first kappa shape index (κ1) is 11.0. The number of nitrogens with one attached hydrogen (secondary N) is 1. The largest absolute Gasteiger partial charge is 0.360 e. The van der Waals surface area contributed by atoms with E-state index < -0.39 is 0 Å². The van der Waals surface area contributed by atoms with Gasteiger partial charge >= 0.3 is 0 Å². The van der Waals surface area contributed by atoms with Crippen LogP contribution in [0.1, 0.15) is 43.1 Å². The molecule has 1 aliphatic carbocycles. The highest BCUT2D eigenvalue weighted by Gasteiger charge is 2.42. The van der Waals surface area contributed by atoms with Gasteiger partial charge in [0.15, 0.2) is 5.76 Å². The van der Waals surface area contributed by atoms with E-state index in [4.69, 9.17) is 4.52 Å². The Labute approximate surface area is 108 Å². The van der Waals surface area contributed by atoms with Gasteiger partial charge in [-0.15, -0.1) is 0 Å². The second-order valence-corrected chi connectivity index (χ2v) is 6.16. The number of hydrogen-bond donors (Lipinski definition) is 1. The maximum atomic E-state index is 5.53. The summed E-state index contributed by atoms with van der Waals surface area (Å²) in [6.07, 6.45) is 5.21. The van der Waals surface area contributed by atoms with Crippen LogP contribution < -0.4 is 5.32 Å². The third kappa shape index (κ3) is 1.88. The van der Waals surface area contributed by atoms with Gasteiger partial charge in [0, 0.05) is 24.6 Å². The maximum Gasteiger partial charge on any atom is 0.150 e. The molecule has 1 aromatic rings. The van der Waals surface area contributed by atoms with E-state index in [1.54, 1.807) is 0 Å². The topological polar surface area (TPSA) is 41.3 Å². The smallest absolute Gasteiger partial charge is 0.150 e. The zero-order valence-electron chi connectivity index (χ0n) is 10.8. The zero-order valence-corrected chi connectivity index (χ0v) is 10.8. The van der Waals surface area contributed by atoms with Crippen LogP contribution in [0.3, 0.4) is 0 Å². The molecule has 4 fully saturated rings. The van der Waals surface area contributed by atoms with Crippen LogP contribution in [0, 0.1) is 5.92 Å². The van der Waals surface area contributed by atoms with Gasteiger partial charge in [-0.3, -0.25) is 4.90 Å². The number of hydrogen-bond acceptors (Lipinski definition) is 4. The summed E-state index contributed by atoms with van der Waals surface area (Å²) < 4.78 is 5.53. The number of fused-ring (bicyclic) bond motifs is 1. The molecular formula is C14H21N3O. The van der Waals surface area contributed by atoms with Crippen LogP contribution in [0.25, 0.3) is 0 Å². The molecule has 4 heteroatoms. The van der Waals surface area contributed by atoms with Crippen LogP contribution in [-0.4, -0.2) is 35.7 Å². The molecule has 0 unspecified atom stereocenters. The Morgan fingerprint density at radius 1 is 1.33 bits per heavy atom. The third-order valence-corrected chi connectivity index (χ3v) is 4.91. The second kappa shape index (κ2) is 4.35. The SMILES string of the molecule is c1c(C2CCNCC2)noc1CN1CC2CC1C2. The van der Waals surface area contributed by atoms with E-state index in [1.165, 1.54) is 37.9 Å². The Morgan fingerprint density at radius 3 is 2.89 bits per heavy atom. The molecule has 0 aromatic carbocycles. The molecule has 18 heavy (non-hydrogen) atoms. The minimum atomic E-state index is 0.607. The summed E-state index contributed by atoms with van der Waals surface area (Å²) in [5, 5.41) is 7.69. The third-order valence-electron chi connectivity index (χ3n) is 4.91. The molecule has 4 nitrogen and oxygen atoms in total. The molecule has 1 N–H and O–H groups in total. The molecule has 98 valence electrons. The van der Waals surface area contributed by atoms with Crippen molar-refractivity contribution in [2.24, 2.45) is 5.92 Å². The highest BCUT2D eigenvalue weighted by molar-refractivity contribution is 5.12. The van der Waals surface area contributed by atoms with Crippen molar-refractivity contribution in [3.05, 3.63) is 17.5 Å². The molecule has 3 saturated heterocycles. The van der Waals surface area contributed by atoms with Gasteiger partial charge in [0.2, 0.25) is 0 Å². The minimum Gasteiger partial charge on any atom is -0.360 e. The average Bonchev–Trinajstić information content (AvgIpc) is 3.04. The molecule has 0 atom stereocenters. The van der Waals surface area contributed by atoms with Crippen LogP contribution in [0.4, 0.5) is 0 Å². The molecule has 3 aliphatic heterocycles. The summed E-state index contributed by atoms with van der Waals surface area (Å²) in [6, 6.07) is 3.04. The average molecular weight is 247 g/mol. The molecule has 4 heterocycles. The number of nitrogens with zero attached hydrogens (tertiary/aromatic N) is 2. The maximum absolute atomic E-state index is 5.53. The first-order chi connectivity index (χ1) is 8.88. The van der Waals surface area contributed by atoms with Crippen molar-refractivity contribution in [3.63, 3.8) is 0 Å². The summed E-state index contributed by atoms with van der Waals surface area (Å²) in [6.45, 7) is 4.47. The van der Waals surface area contributed by atoms with Crippen molar-refractivity contribution in [2.45, 2.75) is 44.2 Å². The summed E-state index contributed by atoms with van der Waals surface area (Å²) >= 11 is 0. The monoisotopic (exact) mass is 247 g/mol. The predicted molar refractivity (Wildman–Crippen MR) is 68.3 cm³/mol. The van der Waals surface area contributed by atoms with Gasteiger partial charge < -0.3 is 9.84 Å². The molecular weight excluding hydrogens is 226 g/mol. The summed E-state index contributed by atoms with van der Waals surface area (Å²) in [7, 11) is 0. The molecule has 0 spiro atoms. The van der Waals surface area contributed by atoms with Gasteiger partial charge in [-0.25, -0.2) is 0 Å². The van der Waals surface area contributed by atoms with Gasteiger partial charge in [0.1, 0.15) is 0 Å². The van der Waals surface area contributed by atoms with Gasteiger partial charge in [-0.1, -0.05) is 5.16 Å². The van der Waals surface area contributed by atoms with Crippen LogP contribution in [0.5, 0.6) is 0 Å². The summed E-state index contributed by atoms with van der Waals surface area (Å²) in [4.78, 5) is 2.57. The fourth-order valence-corrected chi connectivity index (χ4v) is 3.74. The highest BCUT2D eigenvalue weighted by Crippen LogP contribution is 2.41. The Hall–Kier alpha value is -0.870. The fourth-order valence-electron chi connectivity index (χ4n) is 3.74. The molecule has 5 rings (SSSR count). The summed E-state index contributed by atoms with van der Waals surface area (Å²) in [5.41, 5.74) is 1.18. The van der Waals surface area contributed by atoms with E-state index in [0.717, 1.165) is 37.4 Å². The lowest BCUT2D eigenvalue weighted by molar-refractivity contribution is 0.215. The van der Waals surface area contributed by atoms with Crippen molar-refractivity contribution < 1.29 is 4.52 Å². The van der Waals surface area contributed by atoms with Crippen LogP contribution in [0.2, 0.25) is 0 Å². The Kier molecular flexibility index (Phi) is 2.66. The molecule has 0 radical (unpaired) electrons. The zero-order chi connectivity index (χ0) is 11.9. The molecule has 4 aliphatic rings. The van der Waals surface area contributed by atoms with E-state index in [9.17, 15) is 0 Å². The lowest BCUT2D eigenvalue weighted by atomic mass is 9.86. The van der Waals surface area contributed by atoms with Gasteiger partial charge in [0.05, 0.1) is 12.2 Å². The van der Waals surface area contributed by atoms with Gasteiger partial charge in [-0.05, 0) is 44.7 Å². The molecule has 0 amide bonds. The van der Waals surface area contributed by atoms with Crippen molar-refractivity contribution in [1.29, 1.82) is 0 Å². The van der Waals surface area contributed by atoms with E-state index in [1.807, 2.05) is 0 Å². The van der Waals surface area contributed by atoms with Crippen LogP contribution in [0.15, 0.2) is 10.6 Å². The first-order valence-electron chi connectivity index (χ1n) is 7.29. The first-order valence-corrected chi connectivity index (χ1v) is 7.29. The molecule has 1 aromatic heterocycles.